The smallest absolute Gasteiger partial charge is 0.133 e. The summed E-state index contributed by atoms with van der Waals surface area (Å²) in [6.07, 6.45) is 1.61. The maximum Gasteiger partial charge on any atom is 0.133 e. The minimum Gasteiger partial charge on any atom is -0.398 e. The van der Waals surface area contributed by atoms with E-state index in [1.54, 1.807) is 12.3 Å². The monoisotopic (exact) mass is 199 g/mol. The zero-order chi connectivity index (χ0) is 10.8. The van der Waals surface area contributed by atoms with Crippen LogP contribution in [0.2, 0.25) is 0 Å². The molecule has 1 aromatic carbocycles. The SMILES string of the molecule is Cc1ccc(-c2c(N)ccnc2N)cc1. The molecule has 0 unspecified atom stereocenters. The number of aryl methyl sites for hydroxylation is 1. The number of hydrogen-bond donors (Lipinski definition) is 2. The Morgan fingerprint density at radius 2 is 1.67 bits per heavy atom. The van der Waals surface area contributed by atoms with E-state index >= 15 is 0 Å². The number of nitrogens with zero attached hydrogens (tertiary/aromatic N) is 1. The quantitative estimate of drug-likeness (QED) is 0.740. The molecular formula is C12H13N3. The van der Waals surface area contributed by atoms with E-state index in [1.807, 2.05) is 31.2 Å². The second kappa shape index (κ2) is 3.61. The molecule has 3 heteroatoms. The van der Waals surface area contributed by atoms with Gasteiger partial charge in [0.1, 0.15) is 5.82 Å². The molecule has 0 spiro atoms. The summed E-state index contributed by atoms with van der Waals surface area (Å²) in [5, 5.41) is 0. The first-order valence-electron chi connectivity index (χ1n) is 4.75. The minimum absolute atomic E-state index is 0.471. The number of hydrogen-bond acceptors (Lipinski definition) is 3. The highest BCUT2D eigenvalue weighted by Gasteiger charge is 2.06. The van der Waals surface area contributed by atoms with Gasteiger partial charge in [-0.2, -0.15) is 0 Å². The standard InChI is InChI=1S/C12H13N3/c1-8-2-4-9(5-3-8)11-10(13)6-7-15-12(11)14/h2-7H,1H3,(H4,13,14,15). The van der Waals surface area contributed by atoms with E-state index in [1.165, 1.54) is 5.56 Å². The molecule has 0 fully saturated rings. The Morgan fingerprint density at radius 1 is 1.00 bits per heavy atom. The van der Waals surface area contributed by atoms with Gasteiger partial charge in [-0.15, -0.1) is 0 Å². The van der Waals surface area contributed by atoms with Crippen LogP contribution >= 0.6 is 0 Å². The maximum absolute atomic E-state index is 5.87. The van der Waals surface area contributed by atoms with Crippen molar-refractivity contribution in [1.82, 2.24) is 4.98 Å². The molecule has 0 amide bonds. The molecule has 3 nitrogen and oxygen atoms in total. The highest BCUT2D eigenvalue weighted by atomic mass is 14.8. The normalized spacial score (nSPS) is 10.2. The molecule has 2 aromatic rings. The zero-order valence-electron chi connectivity index (χ0n) is 8.57. The lowest BCUT2D eigenvalue weighted by Gasteiger charge is -2.08. The first-order chi connectivity index (χ1) is 7.18. The van der Waals surface area contributed by atoms with E-state index in [-0.39, 0.29) is 0 Å². The Balaban J connectivity index is 2.58. The van der Waals surface area contributed by atoms with Gasteiger partial charge in [0.2, 0.25) is 0 Å². The summed E-state index contributed by atoms with van der Waals surface area (Å²) in [5.74, 6) is 0.471. The van der Waals surface area contributed by atoms with Crippen molar-refractivity contribution in [1.29, 1.82) is 0 Å². The van der Waals surface area contributed by atoms with Crippen LogP contribution < -0.4 is 11.5 Å². The summed E-state index contributed by atoms with van der Waals surface area (Å²) in [4.78, 5) is 4.04. The molecule has 0 bridgehead atoms. The number of nitrogens with two attached hydrogens (primary N) is 2. The average molecular weight is 199 g/mol. The Hall–Kier alpha value is -2.03. The molecule has 0 saturated heterocycles. The fourth-order valence-electron chi connectivity index (χ4n) is 1.53. The van der Waals surface area contributed by atoms with Crippen LogP contribution in [0.15, 0.2) is 36.5 Å². The van der Waals surface area contributed by atoms with Crippen molar-refractivity contribution in [3.05, 3.63) is 42.1 Å². The zero-order valence-corrected chi connectivity index (χ0v) is 8.57. The van der Waals surface area contributed by atoms with Gasteiger partial charge in [-0.25, -0.2) is 4.98 Å². The molecule has 0 aliphatic carbocycles. The molecule has 4 N–H and O–H groups in total. The van der Waals surface area contributed by atoms with Gasteiger partial charge in [-0.05, 0) is 18.6 Å². The highest BCUT2D eigenvalue weighted by molar-refractivity contribution is 5.84. The lowest BCUT2D eigenvalue weighted by molar-refractivity contribution is 1.34. The third-order valence-electron chi connectivity index (χ3n) is 2.35. The number of pyridine rings is 1. The molecule has 0 radical (unpaired) electrons. The van der Waals surface area contributed by atoms with Gasteiger partial charge < -0.3 is 11.5 Å². The predicted octanol–water partition coefficient (Wildman–Crippen LogP) is 2.22. The maximum atomic E-state index is 5.87. The van der Waals surface area contributed by atoms with E-state index in [4.69, 9.17) is 11.5 Å². The van der Waals surface area contributed by atoms with Gasteiger partial charge in [0.25, 0.3) is 0 Å². The number of aromatic nitrogens is 1. The van der Waals surface area contributed by atoms with Gasteiger partial charge in [-0.3, -0.25) is 0 Å². The largest absolute Gasteiger partial charge is 0.398 e. The fraction of sp³-hybridized carbons (Fsp3) is 0.0833. The van der Waals surface area contributed by atoms with E-state index in [0.29, 0.717) is 11.5 Å². The third-order valence-corrected chi connectivity index (χ3v) is 2.35. The van der Waals surface area contributed by atoms with Crippen molar-refractivity contribution in [3.8, 4) is 11.1 Å². The lowest BCUT2D eigenvalue weighted by atomic mass is 10.0. The van der Waals surface area contributed by atoms with Crippen LogP contribution in [0, 0.1) is 6.92 Å². The van der Waals surface area contributed by atoms with Gasteiger partial charge in [0, 0.05) is 17.4 Å². The van der Waals surface area contributed by atoms with E-state index in [0.717, 1.165) is 11.1 Å². The molecule has 0 saturated carbocycles. The second-order valence-electron chi connectivity index (χ2n) is 3.53. The molecule has 76 valence electrons. The molecule has 1 aromatic heterocycles. The second-order valence-corrected chi connectivity index (χ2v) is 3.53. The fourth-order valence-corrected chi connectivity index (χ4v) is 1.53. The molecule has 0 aliphatic rings. The summed E-state index contributed by atoms with van der Waals surface area (Å²) in [7, 11) is 0. The predicted molar refractivity (Wildman–Crippen MR) is 63.2 cm³/mol. The lowest BCUT2D eigenvalue weighted by Crippen LogP contribution is -1.98. The van der Waals surface area contributed by atoms with Gasteiger partial charge in [-0.1, -0.05) is 29.8 Å². The number of rotatable bonds is 1. The van der Waals surface area contributed by atoms with Crippen LogP contribution in [0.3, 0.4) is 0 Å². The third kappa shape index (κ3) is 1.76. The first-order valence-corrected chi connectivity index (χ1v) is 4.75. The Bertz CT molecular complexity index is 454. The summed E-state index contributed by atoms with van der Waals surface area (Å²) in [6.45, 7) is 2.04. The molecule has 0 aliphatic heterocycles. The van der Waals surface area contributed by atoms with Crippen LogP contribution in [0.1, 0.15) is 5.56 Å². The molecule has 0 atom stereocenters. The summed E-state index contributed by atoms with van der Waals surface area (Å²) in [6, 6.07) is 9.81. The average Bonchev–Trinajstić information content (AvgIpc) is 2.20. The Morgan fingerprint density at radius 3 is 2.27 bits per heavy atom. The van der Waals surface area contributed by atoms with Crippen molar-refractivity contribution in [2.75, 3.05) is 11.5 Å². The van der Waals surface area contributed by atoms with Crippen molar-refractivity contribution in [2.45, 2.75) is 6.92 Å². The van der Waals surface area contributed by atoms with Crippen molar-refractivity contribution in [2.24, 2.45) is 0 Å². The van der Waals surface area contributed by atoms with Crippen LogP contribution in [0.25, 0.3) is 11.1 Å². The molecule has 2 rings (SSSR count). The molecule has 1 heterocycles. The summed E-state index contributed by atoms with van der Waals surface area (Å²) >= 11 is 0. The van der Waals surface area contributed by atoms with E-state index < -0.39 is 0 Å². The molecular weight excluding hydrogens is 186 g/mol. The van der Waals surface area contributed by atoms with Crippen molar-refractivity contribution < 1.29 is 0 Å². The van der Waals surface area contributed by atoms with Crippen LogP contribution in [0.4, 0.5) is 11.5 Å². The summed E-state index contributed by atoms with van der Waals surface area (Å²) in [5.41, 5.74) is 15.4. The number of anilines is 2. The highest BCUT2D eigenvalue weighted by Crippen LogP contribution is 2.29. The number of nitrogen functional groups attached to an aromatic ring is 2. The number of benzene rings is 1. The Labute approximate surface area is 88.8 Å². The van der Waals surface area contributed by atoms with Crippen molar-refractivity contribution in [3.63, 3.8) is 0 Å². The van der Waals surface area contributed by atoms with Crippen LogP contribution in [0.5, 0.6) is 0 Å². The van der Waals surface area contributed by atoms with E-state index in [2.05, 4.69) is 4.98 Å². The topological polar surface area (TPSA) is 64.9 Å². The summed E-state index contributed by atoms with van der Waals surface area (Å²) < 4.78 is 0. The van der Waals surface area contributed by atoms with Crippen LogP contribution in [-0.4, -0.2) is 4.98 Å². The van der Waals surface area contributed by atoms with Gasteiger partial charge in [0.05, 0.1) is 0 Å². The van der Waals surface area contributed by atoms with Crippen molar-refractivity contribution >= 4 is 11.5 Å². The first kappa shape index (κ1) is 9.52. The van der Waals surface area contributed by atoms with E-state index in [9.17, 15) is 0 Å². The van der Waals surface area contributed by atoms with Crippen LogP contribution in [-0.2, 0) is 0 Å². The van der Waals surface area contributed by atoms with Gasteiger partial charge >= 0.3 is 0 Å². The van der Waals surface area contributed by atoms with Gasteiger partial charge in [0.15, 0.2) is 0 Å². The molecule has 15 heavy (non-hydrogen) atoms. The minimum atomic E-state index is 0.471. The Kier molecular flexibility index (Phi) is 2.29.